The number of thioether (sulfide) groups is 1. The first-order chi connectivity index (χ1) is 16.4. The third kappa shape index (κ3) is 6.33. The molecule has 0 saturated heterocycles. The van der Waals surface area contributed by atoms with Crippen molar-refractivity contribution < 1.29 is 14.6 Å². The molecule has 172 valence electrons. The summed E-state index contributed by atoms with van der Waals surface area (Å²) in [6, 6.07) is 19.3. The van der Waals surface area contributed by atoms with Gasteiger partial charge in [0, 0.05) is 26.2 Å². The molecule has 2 N–H and O–H groups in total. The van der Waals surface area contributed by atoms with E-state index in [2.05, 4.69) is 15.2 Å². The van der Waals surface area contributed by atoms with Crippen LogP contribution in [0.5, 0.6) is 5.75 Å². The van der Waals surface area contributed by atoms with Crippen molar-refractivity contribution in [3.8, 4) is 17.1 Å². The standard InChI is InChI=1S/C24H16Cl3N3O3S/c25-17-6-3-15(4-7-17)22-28-24(30-29-22)34-21(23(31)32)11-14-1-9-19(10-2-14)33-13-16-5-8-18(26)12-20(16)27/h1-12H,13H2,(H,31,32)(H,28,29,30)/b21-11-. The predicted octanol–water partition coefficient (Wildman–Crippen LogP) is 7.23. The SMILES string of the molecule is O=C(O)/C(=C/c1ccc(OCc2ccc(Cl)cc2Cl)cc1)Sc1n[nH]c(-c2ccc(Cl)cc2)n1. The fraction of sp³-hybridized carbons (Fsp3) is 0.0417. The van der Waals surface area contributed by atoms with E-state index in [0.29, 0.717) is 37.4 Å². The van der Waals surface area contributed by atoms with Crippen LogP contribution in [0.2, 0.25) is 15.1 Å². The average Bonchev–Trinajstić information content (AvgIpc) is 3.28. The van der Waals surface area contributed by atoms with E-state index in [1.807, 2.05) is 0 Å². The zero-order valence-corrected chi connectivity index (χ0v) is 20.4. The van der Waals surface area contributed by atoms with Crippen LogP contribution in [0, 0.1) is 0 Å². The molecule has 0 saturated carbocycles. The van der Waals surface area contributed by atoms with Gasteiger partial charge >= 0.3 is 5.97 Å². The van der Waals surface area contributed by atoms with Gasteiger partial charge in [0.05, 0.1) is 0 Å². The second-order valence-electron chi connectivity index (χ2n) is 6.98. The first kappa shape index (κ1) is 24.2. The first-order valence-corrected chi connectivity index (χ1v) is 11.8. The molecule has 34 heavy (non-hydrogen) atoms. The highest BCUT2D eigenvalue weighted by molar-refractivity contribution is 8.04. The van der Waals surface area contributed by atoms with E-state index >= 15 is 0 Å². The summed E-state index contributed by atoms with van der Waals surface area (Å²) in [7, 11) is 0. The molecular weight excluding hydrogens is 517 g/mol. The monoisotopic (exact) mass is 531 g/mol. The Kier molecular flexibility index (Phi) is 7.80. The number of ether oxygens (including phenoxy) is 1. The van der Waals surface area contributed by atoms with Gasteiger partial charge in [-0.2, -0.15) is 0 Å². The number of nitrogens with zero attached hydrogens (tertiary/aromatic N) is 2. The predicted molar refractivity (Wildman–Crippen MR) is 136 cm³/mol. The number of aromatic amines is 1. The summed E-state index contributed by atoms with van der Waals surface area (Å²) in [4.78, 5) is 16.2. The smallest absolute Gasteiger partial charge is 0.342 e. The van der Waals surface area contributed by atoms with Gasteiger partial charge in [0.25, 0.3) is 0 Å². The van der Waals surface area contributed by atoms with Gasteiger partial charge in [0.2, 0.25) is 5.16 Å². The van der Waals surface area contributed by atoms with Crippen LogP contribution in [0.4, 0.5) is 0 Å². The quantitative estimate of drug-likeness (QED) is 0.184. The maximum atomic E-state index is 11.8. The summed E-state index contributed by atoms with van der Waals surface area (Å²) in [6.07, 6.45) is 1.55. The second-order valence-corrected chi connectivity index (χ2v) is 9.27. The third-order valence-corrected chi connectivity index (χ3v) is 6.30. The highest BCUT2D eigenvalue weighted by Crippen LogP contribution is 2.29. The van der Waals surface area contributed by atoms with Crippen molar-refractivity contribution >= 4 is 58.6 Å². The van der Waals surface area contributed by atoms with E-state index in [-0.39, 0.29) is 11.5 Å². The number of hydrogen-bond donors (Lipinski definition) is 2. The highest BCUT2D eigenvalue weighted by atomic mass is 35.5. The number of aliphatic carboxylic acids is 1. The van der Waals surface area contributed by atoms with E-state index < -0.39 is 5.97 Å². The van der Waals surface area contributed by atoms with Crippen LogP contribution in [0.3, 0.4) is 0 Å². The van der Waals surface area contributed by atoms with E-state index in [1.54, 1.807) is 72.8 Å². The maximum absolute atomic E-state index is 11.8. The molecule has 0 spiro atoms. The third-order valence-electron chi connectivity index (χ3n) is 4.58. The first-order valence-electron chi connectivity index (χ1n) is 9.85. The number of carboxylic acid groups (broad SMARTS) is 1. The van der Waals surface area contributed by atoms with Gasteiger partial charge in [-0.25, -0.2) is 9.78 Å². The lowest BCUT2D eigenvalue weighted by atomic mass is 10.2. The molecule has 0 aliphatic carbocycles. The number of carboxylic acids is 1. The average molecular weight is 533 g/mol. The van der Waals surface area contributed by atoms with Crippen molar-refractivity contribution in [2.24, 2.45) is 0 Å². The molecule has 0 bridgehead atoms. The number of benzene rings is 3. The Morgan fingerprint density at radius 1 is 1.00 bits per heavy atom. The van der Waals surface area contributed by atoms with Crippen LogP contribution >= 0.6 is 46.6 Å². The number of carbonyl (C=O) groups is 1. The summed E-state index contributed by atoms with van der Waals surface area (Å²) < 4.78 is 5.77. The Hall–Kier alpha value is -2.97. The molecule has 0 aliphatic rings. The maximum Gasteiger partial charge on any atom is 0.342 e. The van der Waals surface area contributed by atoms with Crippen LogP contribution in [-0.2, 0) is 11.4 Å². The topological polar surface area (TPSA) is 88.1 Å². The van der Waals surface area contributed by atoms with Crippen LogP contribution in [-0.4, -0.2) is 26.3 Å². The molecule has 4 rings (SSSR count). The van der Waals surface area contributed by atoms with Crippen molar-refractivity contribution in [1.29, 1.82) is 0 Å². The number of rotatable bonds is 8. The molecule has 3 aromatic carbocycles. The number of H-pyrrole nitrogens is 1. The molecule has 1 aromatic heterocycles. The summed E-state index contributed by atoms with van der Waals surface area (Å²) in [5.41, 5.74) is 2.29. The highest BCUT2D eigenvalue weighted by Gasteiger charge is 2.14. The molecule has 0 amide bonds. The zero-order valence-electron chi connectivity index (χ0n) is 17.3. The Labute approximate surface area is 214 Å². The minimum Gasteiger partial charge on any atom is -0.489 e. The van der Waals surface area contributed by atoms with E-state index in [0.717, 1.165) is 22.9 Å². The fourth-order valence-corrected chi connectivity index (χ4v) is 4.17. The minimum atomic E-state index is -1.08. The summed E-state index contributed by atoms with van der Waals surface area (Å²) in [6.45, 7) is 0.280. The fourth-order valence-electron chi connectivity index (χ4n) is 2.87. The van der Waals surface area contributed by atoms with E-state index in [4.69, 9.17) is 39.5 Å². The lowest BCUT2D eigenvalue weighted by molar-refractivity contribution is -0.131. The van der Waals surface area contributed by atoms with Crippen LogP contribution in [0.1, 0.15) is 11.1 Å². The van der Waals surface area contributed by atoms with Gasteiger partial charge in [0.1, 0.15) is 17.3 Å². The second kappa shape index (κ2) is 11.0. The molecule has 0 fully saturated rings. The molecule has 4 aromatic rings. The van der Waals surface area contributed by atoms with Crippen LogP contribution in [0.15, 0.2) is 76.8 Å². The van der Waals surface area contributed by atoms with Gasteiger partial charge in [-0.15, -0.1) is 5.10 Å². The number of halogens is 3. The minimum absolute atomic E-state index is 0.0725. The van der Waals surface area contributed by atoms with E-state index in [9.17, 15) is 9.90 Å². The van der Waals surface area contributed by atoms with Crippen molar-refractivity contribution in [3.63, 3.8) is 0 Å². The number of nitrogens with one attached hydrogen (secondary N) is 1. The number of hydrogen-bond acceptors (Lipinski definition) is 5. The summed E-state index contributed by atoms with van der Waals surface area (Å²) >= 11 is 18.9. The Bertz CT molecular complexity index is 1340. The van der Waals surface area contributed by atoms with Crippen LogP contribution in [0.25, 0.3) is 17.5 Å². The molecular formula is C24H16Cl3N3O3S. The van der Waals surface area contributed by atoms with Gasteiger partial charge < -0.3 is 9.84 Å². The molecule has 0 radical (unpaired) electrons. The van der Waals surface area contributed by atoms with Crippen molar-refractivity contribution in [1.82, 2.24) is 15.2 Å². The molecule has 6 nitrogen and oxygen atoms in total. The van der Waals surface area contributed by atoms with Gasteiger partial charge in [0.15, 0.2) is 5.82 Å². The van der Waals surface area contributed by atoms with Gasteiger partial charge in [-0.05, 0) is 71.9 Å². The summed E-state index contributed by atoms with van der Waals surface area (Å²) in [5, 5.41) is 18.6. The van der Waals surface area contributed by atoms with Crippen molar-refractivity contribution in [3.05, 3.63) is 97.8 Å². The molecule has 10 heteroatoms. The molecule has 1 heterocycles. The van der Waals surface area contributed by atoms with Crippen LogP contribution < -0.4 is 4.74 Å². The number of aromatic nitrogens is 3. The Morgan fingerprint density at radius 2 is 1.71 bits per heavy atom. The lowest BCUT2D eigenvalue weighted by Crippen LogP contribution is -1.98. The van der Waals surface area contributed by atoms with E-state index in [1.165, 1.54) is 0 Å². The molecule has 0 atom stereocenters. The lowest BCUT2D eigenvalue weighted by Gasteiger charge is -2.08. The van der Waals surface area contributed by atoms with Crippen molar-refractivity contribution in [2.75, 3.05) is 0 Å². The molecule has 0 aliphatic heterocycles. The Balaban J connectivity index is 1.43. The van der Waals surface area contributed by atoms with Gasteiger partial charge in [-0.3, -0.25) is 5.10 Å². The van der Waals surface area contributed by atoms with Gasteiger partial charge in [-0.1, -0.05) is 53.0 Å². The largest absolute Gasteiger partial charge is 0.489 e. The van der Waals surface area contributed by atoms with Crippen molar-refractivity contribution in [2.45, 2.75) is 11.8 Å². The summed E-state index contributed by atoms with van der Waals surface area (Å²) in [5.74, 6) is 0.0565. The zero-order chi connectivity index (χ0) is 24.1. The molecule has 0 unspecified atom stereocenters. The Morgan fingerprint density at radius 3 is 2.38 bits per heavy atom. The normalized spacial score (nSPS) is 11.4.